The Morgan fingerprint density at radius 2 is 1.69 bits per heavy atom. The molecule has 0 aliphatic carbocycles. The first-order valence-electron chi connectivity index (χ1n) is 11.8. The SMILES string of the molecule is Cc1cccc(NC(=O)N(Cc2cccc(OS(=O)(=O)c3cccc(C(F)(F)F)c3)c2)Cc2ccco2)c1C. The van der Waals surface area contributed by atoms with E-state index in [0.29, 0.717) is 23.1 Å². The molecule has 0 bridgehead atoms. The second-order valence-corrected chi connectivity index (χ2v) is 10.4. The molecular formula is C28H25F3N2O5S. The zero-order valence-electron chi connectivity index (χ0n) is 21.0. The summed E-state index contributed by atoms with van der Waals surface area (Å²) in [4.78, 5) is 14.1. The Labute approximate surface area is 224 Å². The van der Waals surface area contributed by atoms with Crippen molar-refractivity contribution in [2.24, 2.45) is 0 Å². The summed E-state index contributed by atoms with van der Waals surface area (Å²) in [5.41, 5.74) is 1.99. The van der Waals surface area contributed by atoms with Gasteiger partial charge in [-0.3, -0.25) is 0 Å². The molecule has 11 heteroatoms. The van der Waals surface area contributed by atoms with E-state index in [9.17, 15) is 26.4 Å². The van der Waals surface area contributed by atoms with Gasteiger partial charge in [-0.15, -0.1) is 0 Å². The number of carbonyl (C=O) groups excluding carboxylic acids is 1. The Bertz CT molecular complexity index is 1570. The van der Waals surface area contributed by atoms with E-state index in [2.05, 4.69) is 5.32 Å². The normalized spacial score (nSPS) is 11.7. The van der Waals surface area contributed by atoms with Crippen molar-refractivity contribution in [3.63, 3.8) is 0 Å². The molecule has 0 fully saturated rings. The lowest BCUT2D eigenvalue weighted by atomic mass is 10.1. The Balaban J connectivity index is 1.56. The lowest BCUT2D eigenvalue weighted by molar-refractivity contribution is -0.137. The first kappa shape index (κ1) is 27.8. The number of rotatable bonds is 8. The van der Waals surface area contributed by atoms with Crippen LogP contribution >= 0.6 is 0 Å². The Morgan fingerprint density at radius 1 is 0.949 bits per heavy atom. The lowest BCUT2D eigenvalue weighted by Crippen LogP contribution is -2.34. The molecule has 2 amide bonds. The monoisotopic (exact) mass is 558 g/mol. The van der Waals surface area contributed by atoms with Crippen molar-refractivity contribution in [1.29, 1.82) is 0 Å². The summed E-state index contributed by atoms with van der Waals surface area (Å²) in [5.74, 6) is 0.420. The number of nitrogens with one attached hydrogen (secondary N) is 1. The van der Waals surface area contributed by atoms with Crippen LogP contribution in [0, 0.1) is 13.8 Å². The molecule has 204 valence electrons. The number of alkyl halides is 3. The number of benzene rings is 3. The molecule has 4 rings (SSSR count). The van der Waals surface area contributed by atoms with Crippen LogP contribution in [0.5, 0.6) is 5.75 Å². The number of hydrogen-bond acceptors (Lipinski definition) is 5. The molecule has 0 atom stereocenters. The third-order valence-corrected chi connectivity index (χ3v) is 7.23. The molecule has 1 aromatic heterocycles. The van der Waals surface area contributed by atoms with Crippen molar-refractivity contribution in [2.45, 2.75) is 38.0 Å². The summed E-state index contributed by atoms with van der Waals surface area (Å²) < 4.78 is 75.2. The maximum absolute atomic E-state index is 13.3. The van der Waals surface area contributed by atoms with Gasteiger partial charge >= 0.3 is 22.3 Å². The highest BCUT2D eigenvalue weighted by atomic mass is 32.2. The number of nitrogens with zero attached hydrogens (tertiary/aromatic N) is 1. The number of furan rings is 1. The smallest absolute Gasteiger partial charge is 0.416 e. The number of hydrogen-bond donors (Lipinski definition) is 1. The van der Waals surface area contributed by atoms with Gasteiger partial charge in [-0.2, -0.15) is 21.6 Å². The summed E-state index contributed by atoms with van der Waals surface area (Å²) in [6.45, 7) is 4.01. The van der Waals surface area contributed by atoms with Gasteiger partial charge in [-0.25, -0.2) is 4.79 Å². The molecule has 0 saturated heterocycles. The van der Waals surface area contributed by atoms with Gasteiger partial charge in [0.15, 0.2) is 0 Å². The van der Waals surface area contributed by atoms with Crippen molar-refractivity contribution >= 4 is 21.8 Å². The molecule has 0 saturated carbocycles. The zero-order valence-corrected chi connectivity index (χ0v) is 21.8. The third-order valence-electron chi connectivity index (χ3n) is 5.99. The standard InChI is InChI=1S/C28H25F3N2O5S/c1-19-7-3-13-26(20(19)2)32-27(34)33(18-24-11-6-14-37-24)17-21-8-4-10-23(15-21)38-39(35,36)25-12-5-9-22(16-25)28(29,30)31/h3-16H,17-18H2,1-2H3,(H,32,34). The topological polar surface area (TPSA) is 88.9 Å². The number of aryl methyl sites for hydroxylation is 1. The molecule has 7 nitrogen and oxygen atoms in total. The highest BCUT2D eigenvalue weighted by Crippen LogP contribution is 2.31. The van der Waals surface area contributed by atoms with Crippen LogP contribution in [0.25, 0.3) is 0 Å². The van der Waals surface area contributed by atoms with Crippen molar-refractivity contribution in [1.82, 2.24) is 4.90 Å². The fourth-order valence-electron chi connectivity index (χ4n) is 3.79. The minimum Gasteiger partial charge on any atom is -0.467 e. The molecular weight excluding hydrogens is 533 g/mol. The van der Waals surface area contributed by atoms with E-state index in [1.54, 1.807) is 24.3 Å². The van der Waals surface area contributed by atoms with Crippen LogP contribution in [0.4, 0.5) is 23.7 Å². The summed E-state index contributed by atoms with van der Waals surface area (Å²) in [6.07, 6.45) is -3.22. The van der Waals surface area contributed by atoms with Gasteiger partial charge in [0, 0.05) is 12.2 Å². The average Bonchev–Trinajstić information content (AvgIpc) is 3.39. The minimum absolute atomic E-state index is 0.0538. The van der Waals surface area contributed by atoms with Gasteiger partial charge in [0.25, 0.3) is 0 Å². The van der Waals surface area contributed by atoms with Crippen LogP contribution in [0.15, 0.2) is 94.4 Å². The number of carbonyl (C=O) groups is 1. The van der Waals surface area contributed by atoms with Crippen LogP contribution in [0.2, 0.25) is 0 Å². The highest BCUT2D eigenvalue weighted by molar-refractivity contribution is 7.87. The fourth-order valence-corrected chi connectivity index (χ4v) is 4.76. The van der Waals surface area contributed by atoms with E-state index in [0.717, 1.165) is 29.3 Å². The molecule has 39 heavy (non-hydrogen) atoms. The van der Waals surface area contributed by atoms with Crippen LogP contribution < -0.4 is 9.50 Å². The van der Waals surface area contributed by atoms with Crippen molar-refractivity contribution in [2.75, 3.05) is 5.32 Å². The van der Waals surface area contributed by atoms with E-state index < -0.39 is 32.8 Å². The molecule has 3 aromatic carbocycles. The molecule has 0 radical (unpaired) electrons. The molecule has 1 N–H and O–H groups in total. The van der Waals surface area contributed by atoms with E-state index in [1.165, 1.54) is 29.4 Å². The number of anilines is 1. The second-order valence-electron chi connectivity index (χ2n) is 8.82. The Kier molecular flexibility index (Phi) is 8.01. The van der Waals surface area contributed by atoms with Crippen LogP contribution in [-0.4, -0.2) is 19.3 Å². The van der Waals surface area contributed by atoms with Crippen molar-refractivity contribution in [3.05, 3.63) is 113 Å². The van der Waals surface area contributed by atoms with Crippen LogP contribution in [0.1, 0.15) is 28.0 Å². The van der Waals surface area contributed by atoms with Crippen molar-refractivity contribution < 1.29 is 35.0 Å². The average molecular weight is 559 g/mol. The Morgan fingerprint density at radius 3 is 2.41 bits per heavy atom. The lowest BCUT2D eigenvalue weighted by Gasteiger charge is -2.23. The Hall–Kier alpha value is -4.25. The predicted octanol–water partition coefficient (Wildman–Crippen LogP) is 6.92. The van der Waals surface area contributed by atoms with E-state index in [4.69, 9.17) is 8.60 Å². The molecule has 0 unspecified atom stereocenters. The molecule has 1 heterocycles. The zero-order chi connectivity index (χ0) is 28.2. The molecule has 0 aliphatic rings. The fraction of sp³-hybridized carbons (Fsp3) is 0.179. The van der Waals surface area contributed by atoms with E-state index >= 15 is 0 Å². The minimum atomic E-state index is -4.71. The van der Waals surface area contributed by atoms with Gasteiger partial charge in [-0.05, 0) is 79.1 Å². The maximum atomic E-state index is 13.3. The third kappa shape index (κ3) is 6.99. The van der Waals surface area contributed by atoms with Crippen LogP contribution in [-0.2, 0) is 29.4 Å². The predicted molar refractivity (Wildman–Crippen MR) is 139 cm³/mol. The summed E-state index contributed by atoms with van der Waals surface area (Å²) in [7, 11) is -4.56. The van der Waals surface area contributed by atoms with Gasteiger partial charge in [-0.1, -0.05) is 30.3 Å². The van der Waals surface area contributed by atoms with E-state index in [-0.39, 0.29) is 18.8 Å². The number of urea groups is 1. The second kappa shape index (κ2) is 11.2. The van der Waals surface area contributed by atoms with E-state index in [1.807, 2.05) is 26.0 Å². The van der Waals surface area contributed by atoms with Crippen LogP contribution in [0.3, 0.4) is 0 Å². The van der Waals surface area contributed by atoms with Gasteiger partial charge < -0.3 is 18.8 Å². The van der Waals surface area contributed by atoms with Crippen molar-refractivity contribution in [3.8, 4) is 5.75 Å². The quantitative estimate of drug-likeness (QED) is 0.237. The van der Waals surface area contributed by atoms with Gasteiger partial charge in [0.1, 0.15) is 16.4 Å². The summed E-state index contributed by atoms with van der Waals surface area (Å²) in [5, 5.41) is 2.90. The maximum Gasteiger partial charge on any atom is 0.416 e. The first-order chi connectivity index (χ1) is 18.4. The van der Waals surface area contributed by atoms with Gasteiger partial charge in [0.05, 0.1) is 18.4 Å². The first-order valence-corrected chi connectivity index (χ1v) is 13.2. The summed E-state index contributed by atoms with van der Waals surface area (Å²) in [6, 6.07) is 17.8. The molecule has 0 spiro atoms. The van der Waals surface area contributed by atoms with Gasteiger partial charge in [0.2, 0.25) is 0 Å². The molecule has 0 aliphatic heterocycles. The number of halogens is 3. The molecule has 4 aromatic rings. The largest absolute Gasteiger partial charge is 0.467 e. The number of amides is 2. The highest BCUT2D eigenvalue weighted by Gasteiger charge is 2.32. The summed E-state index contributed by atoms with van der Waals surface area (Å²) >= 11 is 0.